The van der Waals surface area contributed by atoms with Crippen molar-refractivity contribution in [3.63, 3.8) is 0 Å². The van der Waals surface area contributed by atoms with Crippen molar-refractivity contribution >= 4 is 0 Å². The standard InChI is InChI=1S/C16H25NO3/c1-17-13-6-8-14(9-7-13)20-11-16(18)12-4-3-5-15(10-12)19-2/h3-5,10,13-14,16-18H,6-9,11H2,1-2H3. The summed E-state index contributed by atoms with van der Waals surface area (Å²) in [4.78, 5) is 0. The maximum absolute atomic E-state index is 10.2. The van der Waals surface area contributed by atoms with Crippen molar-refractivity contribution in [3.8, 4) is 5.75 Å². The molecule has 0 spiro atoms. The number of methoxy groups -OCH3 is 1. The predicted octanol–water partition coefficient (Wildman–Crippen LogP) is 2.28. The number of hydrogen-bond donors (Lipinski definition) is 2. The van der Waals surface area contributed by atoms with Crippen LogP contribution >= 0.6 is 0 Å². The highest BCUT2D eigenvalue weighted by Crippen LogP contribution is 2.24. The maximum Gasteiger partial charge on any atom is 0.119 e. The highest BCUT2D eigenvalue weighted by atomic mass is 16.5. The van der Waals surface area contributed by atoms with Crippen LogP contribution in [-0.2, 0) is 4.74 Å². The Morgan fingerprint density at radius 3 is 2.70 bits per heavy atom. The van der Waals surface area contributed by atoms with Gasteiger partial charge in [0.15, 0.2) is 0 Å². The molecule has 1 aromatic carbocycles. The van der Waals surface area contributed by atoms with Crippen LogP contribution < -0.4 is 10.1 Å². The average Bonchev–Trinajstić information content (AvgIpc) is 2.53. The van der Waals surface area contributed by atoms with Crippen LogP contribution in [0.1, 0.15) is 37.4 Å². The van der Waals surface area contributed by atoms with Gasteiger partial charge in [0.2, 0.25) is 0 Å². The lowest BCUT2D eigenvalue weighted by Gasteiger charge is -2.29. The van der Waals surface area contributed by atoms with Crippen molar-refractivity contribution < 1.29 is 14.6 Å². The van der Waals surface area contributed by atoms with E-state index in [0.717, 1.165) is 37.0 Å². The van der Waals surface area contributed by atoms with Crippen molar-refractivity contribution in [2.24, 2.45) is 0 Å². The minimum atomic E-state index is -0.591. The first-order chi connectivity index (χ1) is 9.72. The van der Waals surface area contributed by atoms with E-state index in [-0.39, 0.29) is 6.10 Å². The lowest BCUT2D eigenvalue weighted by atomic mass is 9.93. The number of rotatable bonds is 6. The molecule has 1 saturated carbocycles. The minimum absolute atomic E-state index is 0.278. The quantitative estimate of drug-likeness (QED) is 0.839. The molecule has 1 aliphatic rings. The van der Waals surface area contributed by atoms with Gasteiger partial charge in [-0.25, -0.2) is 0 Å². The fraction of sp³-hybridized carbons (Fsp3) is 0.625. The molecule has 0 radical (unpaired) electrons. The summed E-state index contributed by atoms with van der Waals surface area (Å²) in [5, 5.41) is 13.5. The van der Waals surface area contributed by atoms with Crippen LogP contribution in [0.2, 0.25) is 0 Å². The molecule has 20 heavy (non-hydrogen) atoms. The van der Waals surface area contributed by atoms with Crippen molar-refractivity contribution in [1.82, 2.24) is 5.32 Å². The molecule has 112 valence electrons. The molecule has 1 unspecified atom stereocenters. The van der Waals surface area contributed by atoms with Crippen LogP contribution in [0.25, 0.3) is 0 Å². The molecule has 0 bridgehead atoms. The van der Waals surface area contributed by atoms with Gasteiger partial charge in [-0.15, -0.1) is 0 Å². The zero-order chi connectivity index (χ0) is 14.4. The summed E-state index contributed by atoms with van der Waals surface area (Å²) in [7, 11) is 3.64. The molecule has 0 heterocycles. The van der Waals surface area contributed by atoms with Crippen LogP contribution in [0.15, 0.2) is 24.3 Å². The van der Waals surface area contributed by atoms with Crippen LogP contribution in [0, 0.1) is 0 Å². The molecule has 0 aromatic heterocycles. The van der Waals surface area contributed by atoms with Crippen molar-refractivity contribution in [3.05, 3.63) is 29.8 Å². The molecule has 0 saturated heterocycles. The topological polar surface area (TPSA) is 50.7 Å². The van der Waals surface area contributed by atoms with Gasteiger partial charge in [0.1, 0.15) is 11.9 Å². The molecule has 1 aliphatic carbocycles. The van der Waals surface area contributed by atoms with Crippen molar-refractivity contribution in [2.75, 3.05) is 20.8 Å². The van der Waals surface area contributed by atoms with Crippen LogP contribution in [0.4, 0.5) is 0 Å². The molecule has 2 rings (SSSR count). The molecular formula is C16H25NO3. The summed E-state index contributed by atoms with van der Waals surface area (Å²) in [6.45, 7) is 0.349. The fourth-order valence-electron chi connectivity index (χ4n) is 2.69. The zero-order valence-electron chi connectivity index (χ0n) is 12.3. The first-order valence-corrected chi connectivity index (χ1v) is 7.33. The van der Waals surface area contributed by atoms with E-state index in [0.29, 0.717) is 12.6 Å². The summed E-state index contributed by atoms with van der Waals surface area (Å²) in [5.41, 5.74) is 0.841. The Hall–Kier alpha value is -1.10. The van der Waals surface area contributed by atoms with Crippen molar-refractivity contribution in [2.45, 2.75) is 43.9 Å². The van der Waals surface area contributed by atoms with Gasteiger partial charge in [-0.05, 0) is 50.4 Å². The molecule has 0 amide bonds. The molecule has 1 atom stereocenters. The van der Waals surface area contributed by atoms with Crippen LogP contribution in [-0.4, -0.2) is 38.0 Å². The van der Waals surface area contributed by atoms with Gasteiger partial charge in [-0.2, -0.15) is 0 Å². The third-order valence-corrected chi connectivity index (χ3v) is 4.05. The number of aliphatic hydroxyl groups is 1. The Bertz CT molecular complexity index is 402. The van der Waals surface area contributed by atoms with Crippen molar-refractivity contribution in [1.29, 1.82) is 0 Å². The number of hydrogen-bond acceptors (Lipinski definition) is 4. The third-order valence-electron chi connectivity index (χ3n) is 4.05. The second-order valence-corrected chi connectivity index (χ2v) is 5.39. The highest BCUT2D eigenvalue weighted by Gasteiger charge is 2.21. The summed E-state index contributed by atoms with van der Waals surface area (Å²) >= 11 is 0. The summed E-state index contributed by atoms with van der Waals surface area (Å²) < 4.78 is 11.0. The summed E-state index contributed by atoms with van der Waals surface area (Å²) in [6.07, 6.45) is 4.12. The van der Waals surface area contributed by atoms with Gasteiger partial charge >= 0.3 is 0 Å². The Kier molecular flexibility index (Phi) is 5.83. The molecule has 1 fully saturated rings. The second kappa shape index (κ2) is 7.62. The van der Waals surface area contributed by atoms with Gasteiger partial charge < -0.3 is 19.9 Å². The number of nitrogens with one attached hydrogen (secondary N) is 1. The third kappa shape index (κ3) is 4.20. The molecule has 4 heteroatoms. The molecule has 4 nitrogen and oxygen atoms in total. The van der Waals surface area contributed by atoms with E-state index in [1.54, 1.807) is 7.11 Å². The Morgan fingerprint density at radius 2 is 2.05 bits per heavy atom. The van der Waals surface area contributed by atoms with E-state index in [1.165, 1.54) is 0 Å². The lowest BCUT2D eigenvalue weighted by Crippen LogP contribution is -2.33. The van der Waals surface area contributed by atoms with Gasteiger partial charge in [-0.1, -0.05) is 12.1 Å². The Balaban J connectivity index is 1.78. The van der Waals surface area contributed by atoms with Gasteiger partial charge in [-0.3, -0.25) is 0 Å². The van der Waals surface area contributed by atoms with E-state index >= 15 is 0 Å². The first-order valence-electron chi connectivity index (χ1n) is 7.33. The smallest absolute Gasteiger partial charge is 0.119 e. The first kappa shape index (κ1) is 15.3. The van der Waals surface area contributed by atoms with E-state index < -0.39 is 6.10 Å². The van der Waals surface area contributed by atoms with E-state index in [1.807, 2.05) is 31.3 Å². The van der Waals surface area contributed by atoms with Gasteiger partial charge in [0.05, 0.1) is 19.8 Å². The lowest BCUT2D eigenvalue weighted by molar-refractivity contribution is -0.0275. The number of ether oxygens (including phenoxy) is 2. The summed E-state index contributed by atoms with van der Waals surface area (Å²) in [5.74, 6) is 0.760. The minimum Gasteiger partial charge on any atom is -0.497 e. The summed E-state index contributed by atoms with van der Waals surface area (Å²) in [6, 6.07) is 8.13. The second-order valence-electron chi connectivity index (χ2n) is 5.39. The predicted molar refractivity (Wildman–Crippen MR) is 79.0 cm³/mol. The van der Waals surface area contributed by atoms with E-state index in [4.69, 9.17) is 9.47 Å². The molecule has 1 aromatic rings. The average molecular weight is 279 g/mol. The number of benzene rings is 1. The zero-order valence-corrected chi connectivity index (χ0v) is 12.3. The molecule has 0 aliphatic heterocycles. The van der Waals surface area contributed by atoms with Crippen LogP contribution in [0.3, 0.4) is 0 Å². The Morgan fingerprint density at radius 1 is 1.30 bits per heavy atom. The van der Waals surface area contributed by atoms with E-state index in [9.17, 15) is 5.11 Å². The normalized spacial score (nSPS) is 24.4. The monoisotopic (exact) mass is 279 g/mol. The SMILES string of the molecule is CNC1CCC(OCC(O)c2cccc(OC)c2)CC1. The fourth-order valence-corrected chi connectivity index (χ4v) is 2.69. The molecular weight excluding hydrogens is 254 g/mol. The van der Waals surface area contributed by atoms with Crippen LogP contribution in [0.5, 0.6) is 5.75 Å². The maximum atomic E-state index is 10.2. The highest BCUT2D eigenvalue weighted by molar-refractivity contribution is 5.29. The van der Waals surface area contributed by atoms with E-state index in [2.05, 4.69) is 5.32 Å². The van der Waals surface area contributed by atoms with Gasteiger partial charge in [0.25, 0.3) is 0 Å². The molecule has 2 N–H and O–H groups in total. The largest absolute Gasteiger partial charge is 0.497 e. The number of aliphatic hydroxyl groups excluding tert-OH is 1. The Labute approximate surface area is 121 Å². The van der Waals surface area contributed by atoms with Gasteiger partial charge in [0, 0.05) is 6.04 Å².